The topological polar surface area (TPSA) is 64.6 Å². The summed E-state index contributed by atoms with van der Waals surface area (Å²) in [5.41, 5.74) is 1.29. The molecule has 0 unspecified atom stereocenters. The van der Waals surface area contributed by atoms with Gasteiger partial charge >= 0.3 is 5.97 Å². The van der Waals surface area contributed by atoms with E-state index in [1.165, 1.54) is 20.0 Å². The number of likely N-dealkylation sites (N-methyl/N-ethyl adjacent to an activating group) is 1. The first-order chi connectivity index (χ1) is 12.9. The van der Waals surface area contributed by atoms with E-state index in [9.17, 15) is 9.59 Å². The van der Waals surface area contributed by atoms with Crippen LogP contribution in [0.2, 0.25) is 0 Å². The van der Waals surface area contributed by atoms with Crippen LogP contribution in [-0.4, -0.2) is 55.8 Å². The van der Waals surface area contributed by atoms with Crippen molar-refractivity contribution < 1.29 is 23.5 Å². The lowest BCUT2D eigenvalue weighted by molar-refractivity contribution is -0.960. The molecule has 1 N–H and O–H groups in total. The zero-order chi connectivity index (χ0) is 19.7. The molecule has 2 fully saturated rings. The minimum Gasteiger partial charge on any atom is -0.497 e. The lowest BCUT2D eigenvalue weighted by Gasteiger charge is -2.54. The van der Waals surface area contributed by atoms with Gasteiger partial charge in [0.15, 0.2) is 5.54 Å². The van der Waals surface area contributed by atoms with Crippen LogP contribution in [0.3, 0.4) is 0 Å². The second kappa shape index (κ2) is 7.50. The zero-order valence-electron chi connectivity index (χ0n) is 16.9. The minimum absolute atomic E-state index is 0.0379. The van der Waals surface area contributed by atoms with E-state index in [0.29, 0.717) is 17.0 Å². The summed E-state index contributed by atoms with van der Waals surface area (Å²) in [6.45, 7) is 7.17. The van der Waals surface area contributed by atoms with Crippen LogP contribution in [0.5, 0.6) is 5.75 Å². The Morgan fingerprint density at radius 1 is 1.15 bits per heavy atom. The van der Waals surface area contributed by atoms with Crippen LogP contribution in [0.1, 0.15) is 54.9 Å². The predicted octanol–water partition coefficient (Wildman–Crippen LogP) is 3.28. The van der Waals surface area contributed by atoms with Crippen molar-refractivity contribution in [3.8, 4) is 5.75 Å². The maximum atomic E-state index is 13.5. The van der Waals surface area contributed by atoms with Crippen LogP contribution in [0.15, 0.2) is 12.1 Å². The van der Waals surface area contributed by atoms with Crippen LogP contribution in [-0.2, 0) is 9.53 Å². The Morgan fingerprint density at radius 2 is 1.81 bits per heavy atom. The van der Waals surface area contributed by atoms with Gasteiger partial charge in [0.25, 0.3) is 5.91 Å². The number of carbonyl (C=O) groups excluding carboxylic acids is 2. The standard InChI is InChI=1S/C21H30N2O4/c1-5-23(11-6-7-12-23)21(9-8-10-21)20(25)22-18-15(2)13-16(26-3)14-17(18)19(24)27-4/h13-14H,5-12H2,1-4H3/p+1. The van der Waals surface area contributed by atoms with E-state index < -0.39 is 5.97 Å². The van der Waals surface area contributed by atoms with Gasteiger partial charge in [0.1, 0.15) is 5.75 Å². The highest BCUT2D eigenvalue weighted by molar-refractivity contribution is 6.05. The smallest absolute Gasteiger partial charge is 0.340 e. The summed E-state index contributed by atoms with van der Waals surface area (Å²) in [7, 11) is 2.90. The molecule has 0 spiro atoms. The van der Waals surface area contributed by atoms with E-state index in [2.05, 4.69) is 12.2 Å². The SMILES string of the molecule is CC[N+]1(C2(C(=O)Nc3c(C)cc(OC)cc3C(=O)OC)CCC2)CCCC1. The molecule has 0 atom stereocenters. The summed E-state index contributed by atoms with van der Waals surface area (Å²) in [4.78, 5) is 25.8. The van der Waals surface area contributed by atoms with Gasteiger partial charge < -0.3 is 19.3 Å². The molecule has 0 bridgehead atoms. The van der Waals surface area contributed by atoms with Crippen LogP contribution in [0.4, 0.5) is 5.69 Å². The van der Waals surface area contributed by atoms with Gasteiger partial charge in [0.05, 0.1) is 45.1 Å². The largest absolute Gasteiger partial charge is 0.497 e. The monoisotopic (exact) mass is 375 g/mol. The molecule has 1 aliphatic carbocycles. The first-order valence-electron chi connectivity index (χ1n) is 9.87. The third kappa shape index (κ3) is 3.10. The normalized spacial score (nSPS) is 19.9. The number of hydrogen-bond donors (Lipinski definition) is 1. The van der Waals surface area contributed by atoms with Gasteiger partial charge in [-0.05, 0) is 38.0 Å². The van der Waals surface area contributed by atoms with Crippen LogP contribution in [0.25, 0.3) is 0 Å². The molecule has 3 rings (SSSR count). The zero-order valence-corrected chi connectivity index (χ0v) is 16.9. The average Bonchev–Trinajstić information content (AvgIpc) is 3.11. The molecule has 1 saturated carbocycles. The summed E-state index contributed by atoms with van der Waals surface area (Å²) in [6, 6.07) is 3.46. The fraction of sp³-hybridized carbons (Fsp3) is 0.619. The van der Waals surface area contributed by atoms with Crippen molar-refractivity contribution >= 4 is 17.6 Å². The third-order valence-electron chi connectivity index (χ3n) is 6.73. The van der Waals surface area contributed by atoms with Crippen LogP contribution < -0.4 is 10.1 Å². The number of carbonyl (C=O) groups is 2. The second-order valence-electron chi connectivity index (χ2n) is 7.81. The number of methoxy groups -OCH3 is 2. The van der Waals surface area contributed by atoms with Crippen molar-refractivity contribution in [1.82, 2.24) is 0 Å². The highest BCUT2D eigenvalue weighted by atomic mass is 16.5. The van der Waals surface area contributed by atoms with Crippen molar-refractivity contribution in [2.45, 2.75) is 51.5 Å². The van der Waals surface area contributed by atoms with Gasteiger partial charge in [-0.2, -0.15) is 0 Å². The van der Waals surface area contributed by atoms with Crippen molar-refractivity contribution in [2.24, 2.45) is 0 Å². The fourth-order valence-electron chi connectivity index (χ4n) is 4.95. The molecule has 1 aliphatic heterocycles. The molecule has 0 aromatic heterocycles. The fourth-order valence-corrected chi connectivity index (χ4v) is 4.95. The number of anilines is 1. The quantitative estimate of drug-likeness (QED) is 0.612. The van der Waals surface area contributed by atoms with Gasteiger partial charge in [0.2, 0.25) is 0 Å². The van der Waals surface area contributed by atoms with E-state index >= 15 is 0 Å². The summed E-state index contributed by atoms with van der Waals surface area (Å²) in [6.07, 6.45) is 5.26. The van der Waals surface area contributed by atoms with Crippen molar-refractivity contribution in [3.63, 3.8) is 0 Å². The number of nitrogens with one attached hydrogen (secondary N) is 1. The van der Waals surface area contributed by atoms with Crippen LogP contribution in [0, 0.1) is 6.92 Å². The number of hydrogen-bond acceptors (Lipinski definition) is 4. The van der Waals surface area contributed by atoms with E-state index in [-0.39, 0.29) is 11.4 Å². The maximum Gasteiger partial charge on any atom is 0.340 e. The van der Waals surface area contributed by atoms with Crippen molar-refractivity contribution in [1.29, 1.82) is 0 Å². The molecular weight excluding hydrogens is 344 g/mol. The molecule has 1 amide bonds. The van der Waals surface area contributed by atoms with Crippen molar-refractivity contribution in [2.75, 3.05) is 39.2 Å². The minimum atomic E-state index is -0.476. The molecule has 6 nitrogen and oxygen atoms in total. The number of aryl methyl sites for hydroxylation is 1. The number of amides is 1. The Bertz CT molecular complexity index is 734. The third-order valence-corrected chi connectivity index (χ3v) is 6.73. The van der Waals surface area contributed by atoms with Crippen LogP contribution >= 0.6 is 0 Å². The summed E-state index contributed by atoms with van der Waals surface area (Å²) in [5.74, 6) is 0.132. The highest BCUT2D eigenvalue weighted by Gasteiger charge is 2.60. The number of nitrogens with zero attached hydrogens (tertiary/aromatic N) is 1. The first-order valence-corrected chi connectivity index (χ1v) is 9.87. The lowest BCUT2D eigenvalue weighted by Crippen LogP contribution is -2.71. The molecule has 148 valence electrons. The number of likely N-dealkylation sites (tertiary alicyclic amines) is 1. The number of esters is 1. The summed E-state index contributed by atoms with van der Waals surface area (Å²) in [5, 5.41) is 3.11. The Hall–Kier alpha value is -2.08. The second-order valence-corrected chi connectivity index (χ2v) is 7.81. The molecular formula is C21H31N2O4+. The van der Waals surface area contributed by atoms with Gasteiger partial charge in [-0.25, -0.2) is 4.79 Å². The molecule has 0 radical (unpaired) electrons. The number of ether oxygens (including phenoxy) is 2. The molecule has 1 heterocycles. The van der Waals surface area contributed by atoms with Gasteiger partial charge in [-0.15, -0.1) is 0 Å². The van der Waals surface area contributed by atoms with E-state index in [1.807, 2.05) is 13.0 Å². The van der Waals surface area contributed by atoms with E-state index in [1.54, 1.807) is 13.2 Å². The molecule has 1 aromatic carbocycles. The Kier molecular flexibility index (Phi) is 5.47. The molecule has 1 saturated heterocycles. The Balaban J connectivity index is 1.97. The predicted molar refractivity (Wildman–Crippen MR) is 104 cm³/mol. The number of benzene rings is 1. The molecule has 2 aliphatic rings. The van der Waals surface area contributed by atoms with Crippen molar-refractivity contribution in [3.05, 3.63) is 23.3 Å². The number of rotatable bonds is 6. The van der Waals surface area contributed by atoms with Gasteiger partial charge in [-0.3, -0.25) is 4.79 Å². The summed E-state index contributed by atoms with van der Waals surface area (Å²) >= 11 is 0. The average molecular weight is 375 g/mol. The highest BCUT2D eigenvalue weighted by Crippen LogP contribution is 2.46. The van der Waals surface area contributed by atoms with E-state index in [0.717, 1.165) is 48.9 Å². The maximum absolute atomic E-state index is 13.5. The molecule has 27 heavy (non-hydrogen) atoms. The Morgan fingerprint density at radius 3 is 2.30 bits per heavy atom. The van der Waals surface area contributed by atoms with Gasteiger partial charge in [-0.1, -0.05) is 0 Å². The van der Waals surface area contributed by atoms with Gasteiger partial charge in [0, 0.05) is 25.7 Å². The van der Waals surface area contributed by atoms with E-state index in [4.69, 9.17) is 9.47 Å². The summed E-state index contributed by atoms with van der Waals surface area (Å²) < 4.78 is 11.1. The first kappa shape index (κ1) is 19.7. The lowest BCUT2D eigenvalue weighted by atomic mass is 9.72. The molecule has 6 heteroatoms. The Labute approximate surface area is 161 Å². The number of quaternary nitrogens is 1. The molecule has 1 aromatic rings.